The predicted molar refractivity (Wildman–Crippen MR) is 87.0 cm³/mol. The second-order valence-corrected chi connectivity index (χ2v) is 5.51. The lowest BCUT2D eigenvalue weighted by Gasteiger charge is -2.04. The van der Waals surface area contributed by atoms with Crippen LogP contribution in [0.4, 0.5) is 5.69 Å². The number of fused-ring (bicyclic) bond motifs is 1. The molecule has 0 bridgehead atoms. The third-order valence-corrected chi connectivity index (χ3v) is 3.57. The zero-order valence-corrected chi connectivity index (χ0v) is 12.7. The first kappa shape index (κ1) is 14.0. The van der Waals surface area contributed by atoms with Gasteiger partial charge in [-0.25, -0.2) is 4.98 Å². The number of nitrogens with zero attached hydrogens (tertiary/aromatic N) is 1. The number of anilines is 1. The Morgan fingerprint density at radius 3 is 2.81 bits per heavy atom. The minimum absolute atomic E-state index is 0.700. The monoisotopic (exact) mass is 300 g/mol. The molecule has 0 unspecified atom stereocenters. The van der Waals surface area contributed by atoms with Crippen LogP contribution < -0.4 is 5.32 Å². The molecule has 0 aliphatic carbocycles. The van der Waals surface area contributed by atoms with Crippen LogP contribution in [0.25, 0.3) is 11.1 Å². The van der Waals surface area contributed by atoms with Crippen LogP contribution in [-0.4, -0.2) is 11.5 Å². The fraction of sp³-hybridized carbons (Fsp3) is 0.235. The molecule has 3 nitrogen and oxygen atoms in total. The number of rotatable bonds is 5. The number of nitrogens with one attached hydrogen (secondary N) is 1. The van der Waals surface area contributed by atoms with Gasteiger partial charge in [-0.1, -0.05) is 29.8 Å². The van der Waals surface area contributed by atoms with E-state index < -0.39 is 0 Å². The first-order valence-corrected chi connectivity index (χ1v) is 7.44. The van der Waals surface area contributed by atoms with Crippen molar-refractivity contribution in [3.63, 3.8) is 0 Å². The minimum atomic E-state index is 0.700. The van der Waals surface area contributed by atoms with Crippen LogP contribution in [0.2, 0.25) is 5.02 Å². The summed E-state index contributed by atoms with van der Waals surface area (Å²) in [6.07, 6.45) is 1.78. The van der Waals surface area contributed by atoms with Crippen molar-refractivity contribution in [2.75, 3.05) is 11.9 Å². The average molecular weight is 301 g/mol. The Bertz CT molecular complexity index is 737. The number of hydrogen-bond acceptors (Lipinski definition) is 3. The molecule has 0 aliphatic heterocycles. The van der Waals surface area contributed by atoms with E-state index in [0.29, 0.717) is 5.02 Å². The van der Waals surface area contributed by atoms with Crippen LogP contribution in [0.3, 0.4) is 0 Å². The molecule has 1 N–H and O–H groups in total. The van der Waals surface area contributed by atoms with E-state index in [0.717, 1.165) is 47.6 Å². The van der Waals surface area contributed by atoms with Gasteiger partial charge in [0.1, 0.15) is 5.52 Å². The quantitative estimate of drug-likeness (QED) is 0.686. The van der Waals surface area contributed by atoms with Gasteiger partial charge in [0.25, 0.3) is 0 Å². The summed E-state index contributed by atoms with van der Waals surface area (Å²) in [5, 5.41) is 4.08. The fourth-order valence-corrected chi connectivity index (χ4v) is 2.61. The summed E-state index contributed by atoms with van der Waals surface area (Å²) < 4.78 is 5.81. The van der Waals surface area contributed by atoms with Crippen LogP contribution in [0.5, 0.6) is 0 Å². The summed E-state index contributed by atoms with van der Waals surface area (Å²) in [5.74, 6) is 0.769. The van der Waals surface area contributed by atoms with Crippen LogP contribution in [0, 0.1) is 6.92 Å². The van der Waals surface area contributed by atoms with Crippen molar-refractivity contribution in [3.05, 3.63) is 58.9 Å². The van der Waals surface area contributed by atoms with Gasteiger partial charge in [0.05, 0.1) is 0 Å². The second-order valence-electron chi connectivity index (χ2n) is 5.07. The van der Waals surface area contributed by atoms with Crippen LogP contribution in [0.1, 0.15) is 17.9 Å². The summed E-state index contributed by atoms with van der Waals surface area (Å²) in [6.45, 7) is 2.88. The van der Waals surface area contributed by atoms with Gasteiger partial charge in [0, 0.05) is 23.7 Å². The van der Waals surface area contributed by atoms with Crippen molar-refractivity contribution in [1.82, 2.24) is 4.98 Å². The van der Waals surface area contributed by atoms with Gasteiger partial charge >= 0.3 is 0 Å². The van der Waals surface area contributed by atoms with Crippen molar-refractivity contribution in [3.8, 4) is 0 Å². The van der Waals surface area contributed by atoms with Gasteiger partial charge < -0.3 is 9.73 Å². The Kier molecular flexibility index (Phi) is 4.11. The molecule has 1 heterocycles. The molecule has 0 saturated carbocycles. The van der Waals surface area contributed by atoms with E-state index in [1.54, 1.807) is 0 Å². The van der Waals surface area contributed by atoms with Gasteiger partial charge in [-0.3, -0.25) is 0 Å². The fourth-order valence-electron chi connectivity index (χ4n) is 2.34. The van der Waals surface area contributed by atoms with E-state index in [-0.39, 0.29) is 0 Å². The first-order chi connectivity index (χ1) is 10.2. The molecule has 0 spiro atoms. The van der Waals surface area contributed by atoms with E-state index in [4.69, 9.17) is 16.0 Å². The number of aryl methyl sites for hydroxylation is 2. The third kappa shape index (κ3) is 3.37. The molecule has 0 fully saturated rings. The van der Waals surface area contributed by atoms with E-state index in [1.165, 1.54) is 0 Å². The van der Waals surface area contributed by atoms with Crippen molar-refractivity contribution in [1.29, 1.82) is 0 Å². The van der Waals surface area contributed by atoms with Gasteiger partial charge in [-0.15, -0.1) is 0 Å². The summed E-state index contributed by atoms with van der Waals surface area (Å²) in [6, 6.07) is 13.9. The summed E-state index contributed by atoms with van der Waals surface area (Å²) >= 11 is 6.04. The molecule has 21 heavy (non-hydrogen) atoms. The molecule has 0 atom stereocenters. The van der Waals surface area contributed by atoms with Crippen molar-refractivity contribution >= 4 is 28.4 Å². The number of aromatic nitrogens is 1. The Balaban J connectivity index is 1.59. The molecule has 2 aromatic carbocycles. The molecule has 3 aromatic rings. The van der Waals surface area contributed by atoms with Gasteiger partial charge in [0.15, 0.2) is 11.5 Å². The molecular weight excluding hydrogens is 284 g/mol. The maximum Gasteiger partial charge on any atom is 0.195 e. The maximum atomic E-state index is 6.04. The zero-order valence-electron chi connectivity index (χ0n) is 11.9. The summed E-state index contributed by atoms with van der Waals surface area (Å²) in [7, 11) is 0. The summed E-state index contributed by atoms with van der Waals surface area (Å²) in [4.78, 5) is 4.50. The lowest BCUT2D eigenvalue weighted by atomic mass is 10.2. The van der Waals surface area contributed by atoms with Crippen LogP contribution >= 0.6 is 11.6 Å². The topological polar surface area (TPSA) is 38.1 Å². The number of halogens is 1. The zero-order chi connectivity index (χ0) is 14.7. The molecule has 0 saturated heterocycles. The number of benzene rings is 2. The van der Waals surface area contributed by atoms with Gasteiger partial charge in [-0.05, 0) is 43.2 Å². The van der Waals surface area contributed by atoms with Crippen molar-refractivity contribution < 1.29 is 4.42 Å². The van der Waals surface area contributed by atoms with Crippen LogP contribution in [-0.2, 0) is 6.42 Å². The predicted octanol–water partition coefficient (Wildman–Crippen LogP) is 4.83. The lowest BCUT2D eigenvalue weighted by molar-refractivity contribution is 0.521. The first-order valence-electron chi connectivity index (χ1n) is 7.07. The van der Waals surface area contributed by atoms with Crippen molar-refractivity contribution in [2.45, 2.75) is 19.8 Å². The number of hydrogen-bond donors (Lipinski definition) is 1. The van der Waals surface area contributed by atoms with E-state index in [9.17, 15) is 0 Å². The summed E-state index contributed by atoms with van der Waals surface area (Å²) in [5.41, 5.74) is 3.84. The number of para-hydroxylation sites is 1. The van der Waals surface area contributed by atoms with E-state index in [1.807, 2.05) is 37.3 Å². The van der Waals surface area contributed by atoms with E-state index in [2.05, 4.69) is 22.4 Å². The maximum absolute atomic E-state index is 6.04. The molecule has 0 aliphatic rings. The third-order valence-electron chi connectivity index (χ3n) is 3.36. The van der Waals surface area contributed by atoms with Crippen LogP contribution in [0.15, 0.2) is 46.9 Å². The van der Waals surface area contributed by atoms with E-state index >= 15 is 0 Å². The SMILES string of the molecule is Cc1cc(Cl)cc2nc(CCCNc3ccccc3)oc12. The molecule has 0 radical (unpaired) electrons. The van der Waals surface area contributed by atoms with Gasteiger partial charge in [-0.2, -0.15) is 0 Å². The average Bonchev–Trinajstić information content (AvgIpc) is 2.88. The largest absolute Gasteiger partial charge is 0.440 e. The second kappa shape index (κ2) is 6.19. The smallest absolute Gasteiger partial charge is 0.195 e. The highest BCUT2D eigenvalue weighted by molar-refractivity contribution is 6.31. The molecule has 108 valence electrons. The molecule has 4 heteroatoms. The Morgan fingerprint density at radius 1 is 1.19 bits per heavy atom. The highest BCUT2D eigenvalue weighted by atomic mass is 35.5. The Labute approximate surface area is 128 Å². The van der Waals surface area contributed by atoms with Crippen molar-refractivity contribution in [2.24, 2.45) is 0 Å². The highest BCUT2D eigenvalue weighted by Gasteiger charge is 2.09. The van der Waals surface area contributed by atoms with Gasteiger partial charge in [0.2, 0.25) is 0 Å². The molecular formula is C17H17ClN2O. The number of oxazole rings is 1. The Morgan fingerprint density at radius 2 is 2.00 bits per heavy atom. The lowest BCUT2D eigenvalue weighted by Crippen LogP contribution is -2.02. The molecule has 0 amide bonds. The molecule has 1 aromatic heterocycles. The molecule has 3 rings (SSSR count). The minimum Gasteiger partial charge on any atom is -0.440 e. The highest BCUT2D eigenvalue weighted by Crippen LogP contribution is 2.24. The Hall–Kier alpha value is -2.00. The normalized spacial score (nSPS) is 11.0. The standard InChI is InChI=1S/C17H17ClN2O/c1-12-10-13(18)11-15-17(12)21-16(20-15)8-5-9-19-14-6-3-2-4-7-14/h2-4,6-7,10-11,19H,5,8-9H2,1H3.